The summed E-state index contributed by atoms with van der Waals surface area (Å²) in [5.41, 5.74) is 0.542. The lowest BCUT2D eigenvalue weighted by molar-refractivity contribution is -0.385. The summed E-state index contributed by atoms with van der Waals surface area (Å²) < 4.78 is 0. The van der Waals surface area contributed by atoms with Crippen LogP contribution in [0.25, 0.3) is 0 Å². The molecule has 110 valence electrons. The van der Waals surface area contributed by atoms with E-state index < -0.39 is 4.92 Å². The molecule has 1 rings (SSSR count). The van der Waals surface area contributed by atoms with Gasteiger partial charge in [-0.1, -0.05) is 11.6 Å². The lowest BCUT2D eigenvalue weighted by Gasteiger charge is -2.12. The second-order valence-electron chi connectivity index (χ2n) is 4.33. The molecule has 0 radical (unpaired) electrons. The molecular formula is C12H17ClN4O3. The molecule has 2 N–H and O–H groups in total. The number of nitro groups is 1. The van der Waals surface area contributed by atoms with Gasteiger partial charge in [-0.05, 0) is 12.1 Å². The van der Waals surface area contributed by atoms with E-state index in [0.29, 0.717) is 30.2 Å². The summed E-state index contributed by atoms with van der Waals surface area (Å²) in [6.45, 7) is 1.29. The van der Waals surface area contributed by atoms with E-state index in [9.17, 15) is 14.9 Å². The summed E-state index contributed by atoms with van der Waals surface area (Å²) in [7, 11) is 3.31. The highest BCUT2D eigenvalue weighted by atomic mass is 35.5. The van der Waals surface area contributed by atoms with Crippen LogP contribution in [0, 0.1) is 10.1 Å². The Balaban J connectivity index is 2.43. The van der Waals surface area contributed by atoms with E-state index in [0.717, 1.165) is 0 Å². The Kier molecular flexibility index (Phi) is 6.20. The molecule has 0 saturated heterocycles. The average Bonchev–Trinajstić information content (AvgIpc) is 2.39. The van der Waals surface area contributed by atoms with Crippen molar-refractivity contribution in [2.75, 3.05) is 27.2 Å². The number of carbonyl (C=O) groups excluding carboxylic acids is 1. The number of hydrogen-bond donors (Lipinski definition) is 2. The second kappa shape index (κ2) is 7.66. The topological polar surface area (TPSA) is 87.5 Å². The van der Waals surface area contributed by atoms with Gasteiger partial charge in [-0.2, -0.15) is 0 Å². The molecule has 0 aliphatic rings. The Morgan fingerprint density at radius 2 is 2.10 bits per heavy atom. The fraction of sp³-hybridized carbons (Fsp3) is 0.417. The van der Waals surface area contributed by atoms with Crippen LogP contribution in [0.1, 0.15) is 5.56 Å². The van der Waals surface area contributed by atoms with Crippen LogP contribution in [0.3, 0.4) is 0 Å². The molecule has 0 aromatic heterocycles. The first-order valence-corrected chi connectivity index (χ1v) is 6.38. The molecule has 8 heteroatoms. The zero-order valence-corrected chi connectivity index (χ0v) is 12.1. The number of amides is 2. The molecule has 0 heterocycles. The molecule has 1 aromatic rings. The summed E-state index contributed by atoms with van der Waals surface area (Å²) in [6, 6.07) is 4.38. The van der Waals surface area contributed by atoms with Gasteiger partial charge >= 0.3 is 6.03 Å². The van der Waals surface area contributed by atoms with Crippen LogP contribution in [0.2, 0.25) is 5.02 Å². The van der Waals surface area contributed by atoms with Crippen LogP contribution in [-0.2, 0) is 6.54 Å². The highest BCUT2D eigenvalue weighted by Gasteiger charge is 2.13. The van der Waals surface area contributed by atoms with Gasteiger partial charge in [-0.3, -0.25) is 10.1 Å². The van der Waals surface area contributed by atoms with Gasteiger partial charge in [0, 0.05) is 50.4 Å². The summed E-state index contributed by atoms with van der Waals surface area (Å²) in [6.07, 6.45) is 0. The van der Waals surface area contributed by atoms with Crippen molar-refractivity contribution in [2.45, 2.75) is 6.54 Å². The maximum Gasteiger partial charge on any atom is 0.316 e. The molecule has 0 spiro atoms. The van der Waals surface area contributed by atoms with E-state index in [1.54, 1.807) is 26.2 Å². The number of nitrogens with zero attached hydrogens (tertiary/aromatic N) is 2. The third-order valence-corrected chi connectivity index (χ3v) is 2.78. The zero-order chi connectivity index (χ0) is 15.1. The van der Waals surface area contributed by atoms with Crippen molar-refractivity contribution in [1.29, 1.82) is 0 Å². The van der Waals surface area contributed by atoms with Crippen LogP contribution < -0.4 is 10.6 Å². The molecule has 0 aliphatic heterocycles. The minimum absolute atomic E-state index is 0.0117. The fourth-order valence-electron chi connectivity index (χ4n) is 1.50. The predicted molar refractivity (Wildman–Crippen MR) is 76.9 cm³/mol. The molecule has 1 aromatic carbocycles. The molecule has 2 amide bonds. The second-order valence-corrected chi connectivity index (χ2v) is 4.77. The Bertz CT molecular complexity index is 494. The minimum Gasteiger partial charge on any atom is -0.337 e. The lowest BCUT2D eigenvalue weighted by Crippen LogP contribution is -2.38. The molecular weight excluding hydrogens is 284 g/mol. The van der Waals surface area contributed by atoms with Gasteiger partial charge in [-0.15, -0.1) is 0 Å². The first-order valence-electron chi connectivity index (χ1n) is 6.00. The van der Waals surface area contributed by atoms with Crippen molar-refractivity contribution in [1.82, 2.24) is 15.5 Å². The molecule has 0 atom stereocenters. The van der Waals surface area contributed by atoms with Crippen LogP contribution in [0.15, 0.2) is 18.2 Å². The quantitative estimate of drug-likeness (QED) is 0.474. The van der Waals surface area contributed by atoms with Gasteiger partial charge in [0.15, 0.2) is 0 Å². The lowest BCUT2D eigenvalue weighted by atomic mass is 10.2. The Morgan fingerprint density at radius 1 is 1.40 bits per heavy atom. The number of rotatable bonds is 6. The van der Waals surface area contributed by atoms with E-state index >= 15 is 0 Å². The molecule has 0 aliphatic carbocycles. The third-order valence-electron chi connectivity index (χ3n) is 2.54. The maximum absolute atomic E-state index is 11.2. The third kappa shape index (κ3) is 5.02. The van der Waals surface area contributed by atoms with Gasteiger partial charge < -0.3 is 15.5 Å². The van der Waals surface area contributed by atoms with Crippen molar-refractivity contribution in [3.8, 4) is 0 Å². The van der Waals surface area contributed by atoms with Crippen LogP contribution in [0.5, 0.6) is 0 Å². The molecule has 0 bridgehead atoms. The number of carbonyl (C=O) groups is 1. The summed E-state index contributed by atoms with van der Waals surface area (Å²) in [5.74, 6) is 0. The van der Waals surface area contributed by atoms with Crippen molar-refractivity contribution >= 4 is 23.3 Å². The molecule has 7 nitrogen and oxygen atoms in total. The van der Waals surface area contributed by atoms with Gasteiger partial charge in [0.1, 0.15) is 0 Å². The molecule has 0 fully saturated rings. The number of benzene rings is 1. The minimum atomic E-state index is -0.462. The van der Waals surface area contributed by atoms with E-state index in [2.05, 4.69) is 10.6 Å². The fourth-order valence-corrected chi connectivity index (χ4v) is 1.66. The molecule has 0 saturated carbocycles. The molecule has 20 heavy (non-hydrogen) atoms. The van der Waals surface area contributed by atoms with Crippen molar-refractivity contribution in [3.63, 3.8) is 0 Å². The normalized spacial score (nSPS) is 10.2. The number of urea groups is 1. The van der Waals surface area contributed by atoms with E-state index in [-0.39, 0.29) is 11.7 Å². The van der Waals surface area contributed by atoms with Crippen LogP contribution in [-0.4, -0.2) is 43.0 Å². The van der Waals surface area contributed by atoms with Gasteiger partial charge in [0.05, 0.1) is 4.92 Å². The standard InChI is InChI=1S/C12H17ClN4O3/c1-16(2)12(18)15-6-5-14-8-9-3-4-10(13)7-11(9)17(19)20/h3-4,7,14H,5-6,8H2,1-2H3,(H,15,18). The number of nitrogens with one attached hydrogen (secondary N) is 2. The highest BCUT2D eigenvalue weighted by Crippen LogP contribution is 2.22. The van der Waals surface area contributed by atoms with Crippen LogP contribution in [0.4, 0.5) is 10.5 Å². The van der Waals surface area contributed by atoms with Crippen molar-refractivity contribution in [3.05, 3.63) is 38.9 Å². The van der Waals surface area contributed by atoms with Crippen molar-refractivity contribution < 1.29 is 9.72 Å². The number of hydrogen-bond acceptors (Lipinski definition) is 4. The summed E-state index contributed by atoms with van der Waals surface area (Å²) in [5, 5.41) is 16.9. The highest BCUT2D eigenvalue weighted by molar-refractivity contribution is 6.30. The Morgan fingerprint density at radius 3 is 2.70 bits per heavy atom. The monoisotopic (exact) mass is 300 g/mol. The zero-order valence-electron chi connectivity index (χ0n) is 11.4. The smallest absolute Gasteiger partial charge is 0.316 e. The predicted octanol–water partition coefficient (Wildman–Crippen LogP) is 1.61. The van der Waals surface area contributed by atoms with E-state index in [1.165, 1.54) is 11.0 Å². The first-order chi connectivity index (χ1) is 9.41. The van der Waals surface area contributed by atoms with Crippen molar-refractivity contribution in [2.24, 2.45) is 0 Å². The summed E-state index contributed by atoms with van der Waals surface area (Å²) in [4.78, 5) is 23.1. The summed E-state index contributed by atoms with van der Waals surface area (Å²) >= 11 is 5.73. The Labute approximate surface area is 122 Å². The first kappa shape index (κ1) is 16.2. The number of nitro benzene ring substituents is 1. The van der Waals surface area contributed by atoms with Gasteiger partial charge in [0.25, 0.3) is 5.69 Å². The maximum atomic E-state index is 11.2. The van der Waals surface area contributed by atoms with Gasteiger partial charge in [-0.25, -0.2) is 4.79 Å². The number of halogens is 1. The SMILES string of the molecule is CN(C)C(=O)NCCNCc1ccc(Cl)cc1[N+](=O)[O-]. The molecule has 0 unspecified atom stereocenters. The van der Waals surface area contributed by atoms with E-state index in [4.69, 9.17) is 11.6 Å². The van der Waals surface area contributed by atoms with E-state index in [1.807, 2.05) is 0 Å². The average molecular weight is 301 g/mol. The van der Waals surface area contributed by atoms with Crippen LogP contribution >= 0.6 is 11.6 Å². The van der Waals surface area contributed by atoms with Gasteiger partial charge in [0.2, 0.25) is 0 Å². The Hall–Kier alpha value is -1.86. The largest absolute Gasteiger partial charge is 0.337 e.